The van der Waals surface area contributed by atoms with E-state index in [2.05, 4.69) is 10.6 Å². The van der Waals surface area contributed by atoms with Crippen molar-refractivity contribution in [2.24, 2.45) is 7.05 Å². The van der Waals surface area contributed by atoms with Gasteiger partial charge in [-0.2, -0.15) is 5.26 Å². The molecule has 1 saturated heterocycles. The largest absolute Gasteiger partial charge is 0.481 e. The molecule has 1 fully saturated rings. The number of hydrogen-bond donors (Lipinski definition) is 4. The first-order chi connectivity index (χ1) is 16.1. The van der Waals surface area contributed by atoms with Gasteiger partial charge < -0.3 is 20.8 Å². The number of rotatable bonds is 7. The zero-order valence-corrected chi connectivity index (χ0v) is 18.6. The minimum absolute atomic E-state index is 0.00388. The Balaban J connectivity index is 0.000000440. The third-order valence-electron chi connectivity index (χ3n) is 5.12. The lowest BCUT2D eigenvalue weighted by Gasteiger charge is -2.26. The van der Waals surface area contributed by atoms with Crippen LogP contribution < -0.4 is 21.9 Å². The minimum atomic E-state index is -1.08. The van der Waals surface area contributed by atoms with Crippen LogP contribution in [0, 0.1) is 17.1 Å². The van der Waals surface area contributed by atoms with Gasteiger partial charge in [-0.05, 0) is 43.1 Å². The number of carbonyl (C=O) groups is 2. The third-order valence-corrected chi connectivity index (χ3v) is 5.12. The summed E-state index contributed by atoms with van der Waals surface area (Å²) in [5, 5.41) is 31.6. The second-order valence-corrected chi connectivity index (χ2v) is 7.68. The summed E-state index contributed by atoms with van der Waals surface area (Å²) in [7, 11) is 1.39. The maximum atomic E-state index is 13.6. The Labute approximate surface area is 194 Å². The maximum absolute atomic E-state index is 13.6. The molecule has 11 nitrogen and oxygen atoms in total. The molecule has 2 heterocycles. The molecule has 1 atom stereocenters. The number of aromatic nitrogens is 2. The number of anilines is 1. The number of nitrogens with zero attached hydrogens (tertiary/aromatic N) is 3. The van der Waals surface area contributed by atoms with Gasteiger partial charge in [0.2, 0.25) is 0 Å². The van der Waals surface area contributed by atoms with Crippen molar-refractivity contribution in [2.75, 3.05) is 18.4 Å². The highest BCUT2D eigenvalue weighted by molar-refractivity contribution is 5.75. The average Bonchev–Trinajstić information content (AvgIpc) is 2.80. The van der Waals surface area contributed by atoms with E-state index in [9.17, 15) is 28.8 Å². The van der Waals surface area contributed by atoms with E-state index in [0.717, 1.165) is 30.5 Å². The third kappa shape index (κ3) is 7.56. The number of carboxylic acid groups (broad SMARTS) is 2. The van der Waals surface area contributed by atoms with Gasteiger partial charge in [-0.25, -0.2) is 9.18 Å². The van der Waals surface area contributed by atoms with E-state index in [0.29, 0.717) is 11.4 Å². The van der Waals surface area contributed by atoms with Crippen LogP contribution in [0.5, 0.6) is 0 Å². The van der Waals surface area contributed by atoms with E-state index in [1.807, 2.05) is 6.07 Å². The van der Waals surface area contributed by atoms with E-state index in [1.165, 1.54) is 35.9 Å². The predicted octanol–water partition coefficient (Wildman–Crippen LogP) is 0.706. The first-order valence-corrected chi connectivity index (χ1v) is 10.5. The van der Waals surface area contributed by atoms with Crippen molar-refractivity contribution in [3.8, 4) is 6.07 Å². The van der Waals surface area contributed by atoms with Crippen molar-refractivity contribution in [1.82, 2.24) is 14.5 Å². The molecule has 182 valence electrons. The first kappa shape index (κ1) is 26.3. The Bertz CT molecular complexity index is 1180. The molecule has 1 aliphatic rings. The molecule has 2 aromatic rings. The average molecular weight is 475 g/mol. The van der Waals surface area contributed by atoms with E-state index < -0.39 is 29.0 Å². The van der Waals surface area contributed by atoms with E-state index in [1.54, 1.807) is 0 Å². The summed E-state index contributed by atoms with van der Waals surface area (Å²) in [4.78, 5) is 44.0. The number of aliphatic carboxylic acids is 2. The number of carboxylic acids is 2. The summed E-state index contributed by atoms with van der Waals surface area (Å²) in [5.74, 6) is -2.26. The second-order valence-electron chi connectivity index (χ2n) is 7.68. The highest BCUT2D eigenvalue weighted by atomic mass is 19.1. The monoisotopic (exact) mass is 475 g/mol. The smallest absolute Gasteiger partial charge is 0.332 e. The molecule has 12 heteroatoms. The predicted molar refractivity (Wildman–Crippen MR) is 120 cm³/mol. The van der Waals surface area contributed by atoms with Crippen LogP contribution in [0.15, 0.2) is 33.9 Å². The molecular weight excluding hydrogens is 449 g/mol. The quantitative estimate of drug-likeness (QED) is 0.451. The van der Waals surface area contributed by atoms with Gasteiger partial charge in [0.25, 0.3) is 5.56 Å². The van der Waals surface area contributed by atoms with Gasteiger partial charge in [-0.1, -0.05) is 0 Å². The summed E-state index contributed by atoms with van der Waals surface area (Å²) in [6.45, 7) is 1.67. The molecule has 1 aromatic carbocycles. The Morgan fingerprint density at radius 1 is 1.24 bits per heavy atom. The lowest BCUT2D eigenvalue weighted by molar-refractivity contribution is -0.143. The zero-order chi connectivity index (χ0) is 25.3. The van der Waals surface area contributed by atoms with Gasteiger partial charge >= 0.3 is 17.6 Å². The Kier molecular flexibility index (Phi) is 9.51. The summed E-state index contributed by atoms with van der Waals surface area (Å²) >= 11 is 0. The molecule has 34 heavy (non-hydrogen) atoms. The summed E-state index contributed by atoms with van der Waals surface area (Å²) < 4.78 is 16.0. The Morgan fingerprint density at radius 3 is 2.47 bits per heavy atom. The van der Waals surface area contributed by atoms with Crippen LogP contribution in [-0.2, 0) is 23.2 Å². The molecule has 1 aromatic heterocycles. The van der Waals surface area contributed by atoms with Crippen LogP contribution in [0.1, 0.15) is 36.8 Å². The lowest BCUT2D eigenvalue weighted by Crippen LogP contribution is -2.43. The highest BCUT2D eigenvalue weighted by Crippen LogP contribution is 2.15. The van der Waals surface area contributed by atoms with Crippen LogP contribution in [0.2, 0.25) is 0 Å². The van der Waals surface area contributed by atoms with E-state index in [4.69, 9.17) is 10.2 Å². The van der Waals surface area contributed by atoms with Crippen molar-refractivity contribution in [3.05, 3.63) is 62.0 Å². The molecule has 0 saturated carbocycles. The normalized spacial score (nSPS) is 14.9. The van der Waals surface area contributed by atoms with Gasteiger partial charge in [0.15, 0.2) is 0 Å². The fourth-order valence-electron chi connectivity index (χ4n) is 3.31. The van der Waals surface area contributed by atoms with Crippen LogP contribution in [0.25, 0.3) is 0 Å². The molecule has 0 radical (unpaired) electrons. The van der Waals surface area contributed by atoms with Crippen LogP contribution >= 0.6 is 0 Å². The number of nitrogens with one attached hydrogen (secondary N) is 2. The Hall–Kier alpha value is -3.98. The van der Waals surface area contributed by atoms with Crippen LogP contribution in [0.3, 0.4) is 0 Å². The van der Waals surface area contributed by atoms with Gasteiger partial charge in [0.05, 0.1) is 31.0 Å². The SMILES string of the molecule is Cn1c(=O)cc(NC2CCCNC2)n(Cc2cc(F)ccc2C#N)c1=O.O=C(O)CCC(=O)O. The van der Waals surface area contributed by atoms with Crippen LogP contribution in [-0.4, -0.2) is 50.4 Å². The van der Waals surface area contributed by atoms with Crippen molar-refractivity contribution >= 4 is 17.8 Å². The molecule has 1 unspecified atom stereocenters. The van der Waals surface area contributed by atoms with Crippen molar-refractivity contribution in [2.45, 2.75) is 38.3 Å². The second kappa shape index (κ2) is 12.3. The summed E-state index contributed by atoms with van der Waals surface area (Å²) in [5.41, 5.74) is -0.260. The standard InChI is InChI=1S/C18H20FN5O2.C4H6O4/c1-23-17(25)8-16(22-15-3-2-6-21-10-15)24(18(23)26)11-13-7-14(19)5-4-12(13)9-20;5-3(6)1-2-4(7)8/h4-5,7-8,15,21-22H,2-3,6,10-11H2,1H3;1-2H2,(H,5,6)(H,7,8). The number of hydrogen-bond acceptors (Lipinski definition) is 7. The molecular formula is C22H26FN5O6. The number of halogens is 1. The fourth-order valence-corrected chi connectivity index (χ4v) is 3.31. The molecule has 0 aliphatic carbocycles. The summed E-state index contributed by atoms with van der Waals surface area (Å²) in [6, 6.07) is 7.29. The van der Waals surface area contributed by atoms with E-state index >= 15 is 0 Å². The van der Waals surface area contributed by atoms with Gasteiger partial charge in [0, 0.05) is 25.7 Å². The summed E-state index contributed by atoms with van der Waals surface area (Å²) in [6.07, 6.45) is 1.32. The molecule has 3 rings (SSSR count). The van der Waals surface area contributed by atoms with Gasteiger partial charge in [-0.15, -0.1) is 0 Å². The van der Waals surface area contributed by atoms with E-state index in [-0.39, 0.29) is 31.0 Å². The Morgan fingerprint density at radius 2 is 1.91 bits per heavy atom. The highest BCUT2D eigenvalue weighted by Gasteiger charge is 2.17. The lowest BCUT2D eigenvalue weighted by atomic mass is 10.1. The molecule has 0 spiro atoms. The maximum Gasteiger partial charge on any atom is 0.332 e. The molecule has 4 N–H and O–H groups in total. The number of nitriles is 1. The minimum Gasteiger partial charge on any atom is -0.481 e. The van der Waals surface area contributed by atoms with Gasteiger partial charge in [-0.3, -0.25) is 23.5 Å². The molecule has 0 bridgehead atoms. The molecule has 0 amide bonds. The fraction of sp³-hybridized carbons (Fsp3) is 0.409. The van der Waals surface area contributed by atoms with Crippen molar-refractivity contribution in [3.63, 3.8) is 0 Å². The topological polar surface area (TPSA) is 166 Å². The van der Waals surface area contributed by atoms with Crippen molar-refractivity contribution < 1.29 is 24.2 Å². The van der Waals surface area contributed by atoms with Crippen LogP contribution in [0.4, 0.5) is 10.2 Å². The zero-order valence-electron chi connectivity index (χ0n) is 18.6. The number of benzene rings is 1. The first-order valence-electron chi connectivity index (χ1n) is 10.5. The number of piperidine rings is 1. The molecule has 1 aliphatic heterocycles. The van der Waals surface area contributed by atoms with Gasteiger partial charge in [0.1, 0.15) is 11.6 Å². The van der Waals surface area contributed by atoms with Crippen molar-refractivity contribution in [1.29, 1.82) is 5.26 Å².